The van der Waals surface area contributed by atoms with Gasteiger partial charge in [0, 0.05) is 5.41 Å². The van der Waals surface area contributed by atoms with Gasteiger partial charge in [-0.25, -0.2) is 0 Å². The molecule has 4 fully saturated rings. The van der Waals surface area contributed by atoms with E-state index in [1.165, 1.54) is 32.1 Å². The number of hydrogen-bond donors (Lipinski definition) is 0. The first-order chi connectivity index (χ1) is 6.22. The Labute approximate surface area is 81.1 Å². The van der Waals surface area contributed by atoms with E-state index in [0.29, 0.717) is 0 Å². The highest BCUT2D eigenvalue weighted by Gasteiger charge is 2.53. The summed E-state index contributed by atoms with van der Waals surface area (Å²) in [5, 5.41) is 0. The lowest BCUT2D eigenvalue weighted by molar-refractivity contribution is -0.0653. The summed E-state index contributed by atoms with van der Waals surface area (Å²) < 4.78 is 0. The quantitative estimate of drug-likeness (QED) is 0.495. The van der Waals surface area contributed by atoms with E-state index < -0.39 is 0 Å². The molecule has 4 aliphatic carbocycles. The van der Waals surface area contributed by atoms with Gasteiger partial charge in [-0.2, -0.15) is 0 Å². The minimum Gasteiger partial charge on any atom is -0.120 e. The lowest BCUT2D eigenvalue weighted by atomic mass is 9.46. The molecule has 0 nitrogen and oxygen atoms in total. The predicted octanol–water partition coefficient (Wildman–Crippen LogP) is 3.08. The van der Waals surface area contributed by atoms with Crippen LogP contribution in [0.1, 0.15) is 39.0 Å². The molecule has 0 unspecified atom stereocenters. The summed E-state index contributed by atoms with van der Waals surface area (Å²) in [6.07, 6.45) is 13.0. The summed E-state index contributed by atoms with van der Waals surface area (Å²) in [5.74, 6) is 6.95. The zero-order valence-corrected chi connectivity index (χ0v) is 8.42. The van der Waals surface area contributed by atoms with Crippen LogP contribution in [0.2, 0.25) is 0 Å². The maximum atomic E-state index is 5.74. The molecule has 0 atom stereocenters. The first-order valence-corrected chi connectivity index (χ1v) is 5.70. The van der Waals surface area contributed by atoms with Crippen LogP contribution < -0.4 is 0 Å². The fourth-order valence-electron chi connectivity index (χ4n) is 4.40. The van der Waals surface area contributed by atoms with E-state index in [4.69, 9.17) is 6.42 Å². The van der Waals surface area contributed by atoms with Gasteiger partial charge >= 0.3 is 0 Å². The summed E-state index contributed by atoms with van der Waals surface area (Å²) >= 11 is 0. The van der Waals surface area contributed by atoms with Gasteiger partial charge in [-0.3, -0.25) is 0 Å². The van der Waals surface area contributed by atoms with E-state index in [-0.39, 0.29) is 5.41 Å². The molecule has 4 rings (SSSR count). The van der Waals surface area contributed by atoms with Crippen LogP contribution in [-0.2, 0) is 0 Å². The van der Waals surface area contributed by atoms with Gasteiger partial charge in [-0.05, 0) is 62.7 Å². The average molecular weight is 174 g/mol. The largest absolute Gasteiger partial charge is 0.120 e. The maximum Gasteiger partial charge on any atom is 0.0340 e. The Hall–Kier alpha value is -0.440. The minimum atomic E-state index is 0.271. The highest BCUT2D eigenvalue weighted by molar-refractivity contribution is 5.16. The molecule has 4 saturated carbocycles. The summed E-state index contributed by atoms with van der Waals surface area (Å²) in [5.41, 5.74) is 0.271. The Morgan fingerprint density at radius 3 is 1.85 bits per heavy atom. The number of hydrogen-bond acceptors (Lipinski definition) is 0. The summed E-state index contributed by atoms with van der Waals surface area (Å²) in [7, 11) is 0. The van der Waals surface area contributed by atoms with Crippen molar-refractivity contribution in [3.8, 4) is 12.3 Å². The van der Waals surface area contributed by atoms with Crippen LogP contribution in [0.3, 0.4) is 0 Å². The Morgan fingerprint density at radius 1 is 1.00 bits per heavy atom. The van der Waals surface area contributed by atoms with Crippen molar-refractivity contribution >= 4 is 0 Å². The van der Waals surface area contributed by atoms with Crippen LogP contribution in [0.5, 0.6) is 0 Å². The third kappa shape index (κ3) is 0.885. The van der Waals surface area contributed by atoms with Gasteiger partial charge in [0.1, 0.15) is 0 Å². The van der Waals surface area contributed by atoms with E-state index >= 15 is 0 Å². The van der Waals surface area contributed by atoms with E-state index in [2.05, 4.69) is 12.8 Å². The molecular formula is C13H18. The van der Waals surface area contributed by atoms with Crippen LogP contribution >= 0.6 is 0 Å². The summed E-state index contributed by atoms with van der Waals surface area (Å²) in [4.78, 5) is 0. The topological polar surface area (TPSA) is 0 Å². The second-order valence-corrected chi connectivity index (χ2v) is 5.73. The van der Waals surface area contributed by atoms with Crippen LogP contribution in [-0.4, -0.2) is 0 Å². The van der Waals surface area contributed by atoms with Crippen molar-refractivity contribution in [3.05, 3.63) is 0 Å². The zero-order valence-electron chi connectivity index (χ0n) is 8.42. The Kier molecular flexibility index (Phi) is 1.41. The molecule has 4 bridgehead atoms. The lowest BCUT2D eigenvalue weighted by Crippen LogP contribution is -2.50. The van der Waals surface area contributed by atoms with Gasteiger partial charge in [-0.15, -0.1) is 6.42 Å². The normalized spacial score (nSPS) is 57.8. The van der Waals surface area contributed by atoms with Crippen molar-refractivity contribution in [2.75, 3.05) is 0 Å². The lowest BCUT2D eigenvalue weighted by Gasteiger charge is -2.58. The SMILES string of the molecule is C#CC1(C)C2CC3CC(C2)CC1C3. The second kappa shape index (κ2) is 2.32. The molecular weight excluding hydrogens is 156 g/mol. The van der Waals surface area contributed by atoms with Gasteiger partial charge in [-0.1, -0.05) is 5.92 Å². The Morgan fingerprint density at radius 2 is 1.46 bits per heavy atom. The van der Waals surface area contributed by atoms with E-state index in [1.54, 1.807) is 0 Å². The fraction of sp³-hybridized carbons (Fsp3) is 0.846. The summed E-state index contributed by atoms with van der Waals surface area (Å²) in [6, 6.07) is 0. The van der Waals surface area contributed by atoms with Gasteiger partial charge in [0.25, 0.3) is 0 Å². The molecule has 0 heterocycles. The van der Waals surface area contributed by atoms with Crippen molar-refractivity contribution in [1.82, 2.24) is 0 Å². The van der Waals surface area contributed by atoms with Crippen LogP contribution in [0, 0.1) is 41.4 Å². The first-order valence-electron chi connectivity index (χ1n) is 5.70. The molecule has 0 N–H and O–H groups in total. The monoisotopic (exact) mass is 174 g/mol. The van der Waals surface area contributed by atoms with E-state index in [9.17, 15) is 0 Å². The Bertz CT molecular complexity index is 240. The molecule has 0 radical (unpaired) electrons. The summed E-state index contributed by atoms with van der Waals surface area (Å²) in [6.45, 7) is 2.35. The minimum absolute atomic E-state index is 0.271. The molecule has 0 aromatic rings. The van der Waals surface area contributed by atoms with Crippen LogP contribution in [0.25, 0.3) is 0 Å². The molecule has 0 aliphatic heterocycles. The average Bonchev–Trinajstić information content (AvgIpc) is 2.13. The molecule has 0 saturated heterocycles. The van der Waals surface area contributed by atoms with Gasteiger partial charge in [0.2, 0.25) is 0 Å². The predicted molar refractivity (Wildman–Crippen MR) is 54.0 cm³/mol. The highest BCUT2D eigenvalue weighted by Crippen LogP contribution is 2.61. The van der Waals surface area contributed by atoms with Crippen LogP contribution in [0.4, 0.5) is 0 Å². The van der Waals surface area contributed by atoms with Crippen LogP contribution in [0.15, 0.2) is 0 Å². The second-order valence-electron chi connectivity index (χ2n) is 5.73. The molecule has 70 valence electrons. The van der Waals surface area contributed by atoms with E-state index in [0.717, 1.165) is 23.7 Å². The smallest absolute Gasteiger partial charge is 0.0340 e. The molecule has 0 heteroatoms. The third-order valence-corrected chi connectivity index (χ3v) is 5.15. The highest BCUT2D eigenvalue weighted by atomic mass is 14.6. The van der Waals surface area contributed by atoms with Gasteiger partial charge < -0.3 is 0 Å². The molecule has 13 heavy (non-hydrogen) atoms. The number of terminal acetylenes is 1. The van der Waals surface area contributed by atoms with Crippen molar-refractivity contribution in [2.45, 2.75) is 39.0 Å². The van der Waals surface area contributed by atoms with Crippen molar-refractivity contribution in [1.29, 1.82) is 0 Å². The van der Waals surface area contributed by atoms with Crippen molar-refractivity contribution < 1.29 is 0 Å². The molecule has 0 spiro atoms. The zero-order chi connectivity index (χ0) is 9.05. The van der Waals surface area contributed by atoms with E-state index in [1.807, 2.05) is 0 Å². The maximum absolute atomic E-state index is 5.74. The van der Waals surface area contributed by atoms with Gasteiger partial charge in [0.15, 0.2) is 0 Å². The fourth-order valence-corrected chi connectivity index (χ4v) is 4.40. The standard InChI is InChI=1S/C13H18/c1-3-13(2)11-5-9-4-10(7-11)8-12(13)6-9/h1,9-12H,4-8H2,2H3. The molecule has 0 amide bonds. The molecule has 0 aromatic carbocycles. The van der Waals surface area contributed by atoms with Crippen molar-refractivity contribution in [3.63, 3.8) is 0 Å². The number of rotatable bonds is 0. The van der Waals surface area contributed by atoms with Gasteiger partial charge in [0.05, 0.1) is 0 Å². The molecule has 4 aliphatic rings. The Balaban J connectivity index is 1.99. The third-order valence-electron chi connectivity index (χ3n) is 5.15. The van der Waals surface area contributed by atoms with Crippen molar-refractivity contribution in [2.24, 2.45) is 29.1 Å². The molecule has 0 aromatic heterocycles. The first kappa shape index (κ1) is 7.92.